The van der Waals surface area contributed by atoms with Crippen molar-refractivity contribution in [2.45, 2.75) is 38.3 Å². The number of nitrogens with zero attached hydrogens (tertiary/aromatic N) is 2. The molecule has 0 bridgehead atoms. The molecule has 3 heterocycles. The average Bonchev–Trinajstić information content (AvgIpc) is 2.95. The van der Waals surface area contributed by atoms with Crippen molar-refractivity contribution in [2.24, 2.45) is 0 Å². The van der Waals surface area contributed by atoms with Crippen LogP contribution in [0.1, 0.15) is 31.5 Å². The summed E-state index contributed by atoms with van der Waals surface area (Å²) in [4.78, 5) is 22.1. The molecular weight excluding hydrogens is 284 g/mol. The largest absolute Gasteiger partial charge is 0.320 e. The summed E-state index contributed by atoms with van der Waals surface area (Å²) in [6, 6.07) is 2.52. The third-order valence-corrected chi connectivity index (χ3v) is 5.10. The van der Waals surface area contributed by atoms with E-state index in [1.54, 1.807) is 0 Å². The number of piperidine rings is 1. The summed E-state index contributed by atoms with van der Waals surface area (Å²) in [6.07, 6.45) is 4.94. The highest BCUT2D eigenvalue weighted by atomic mass is 32.1. The zero-order chi connectivity index (χ0) is 14.7. The van der Waals surface area contributed by atoms with Gasteiger partial charge in [0, 0.05) is 6.04 Å². The first-order valence-electron chi connectivity index (χ1n) is 7.63. The fourth-order valence-electron chi connectivity index (χ4n) is 3.09. The van der Waals surface area contributed by atoms with Crippen molar-refractivity contribution in [3.8, 4) is 0 Å². The summed E-state index contributed by atoms with van der Waals surface area (Å²) in [5.74, 6) is 0.794. The van der Waals surface area contributed by atoms with Gasteiger partial charge in [0.25, 0.3) is 5.56 Å². The Morgan fingerprint density at radius 2 is 2.43 bits per heavy atom. The van der Waals surface area contributed by atoms with E-state index in [1.165, 1.54) is 30.6 Å². The standard InChI is InChI=1S/C15H22N4OS/c1-16-7-5-11-4-2-3-8-19(11)10-13-17-12-6-9-21-14(12)15(20)18-13/h6,9,11,16H,2-5,7-8,10H2,1H3,(H,17,18,20). The molecule has 0 spiro atoms. The van der Waals surface area contributed by atoms with Crippen LogP contribution in [-0.4, -0.2) is 41.0 Å². The number of likely N-dealkylation sites (tertiary alicyclic amines) is 1. The van der Waals surface area contributed by atoms with Crippen molar-refractivity contribution in [1.82, 2.24) is 20.2 Å². The minimum absolute atomic E-state index is 0.00576. The van der Waals surface area contributed by atoms with Crippen molar-refractivity contribution in [3.05, 3.63) is 27.6 Å². The van der Waals surface area contributed by atoms with Crippen LogP contribution in [0.4, 0.5) is 0 Å². The summed E-state index contributed by atoms with van der Waals surface area (Å²) < 4.78 is 0.726. The van der Waals surface area contributed by atoms with Gasteiger partial charge in [0.15, 0.2) is 0 Å². The van der Waals surface area contributed by atoms with Crippen LogP contribution >= 0.6 is 11.3 Å². The van der Waals surface area contributed by atoms with Crippen LogP contribution in [-0.2, 0) is 6.54 Å². The van der Waals surface area contributed by atoms with Gasteiger partial charge in [-0.1, -0.05) is 6.42 Å². The molecule has 0 aliphatic carbocycles. The number of thiophene rings is 1. The number of aromatic nitrogens is 2. The summed E-state index contributed by atoms with van der Waals surface area (Å²) in [5.41, 5.74) is 0.816. The van der Waals surface area contributed by atoms with Crippen molar-refractivity contribution in [3.63, 3.8) is 0 Å². The van der Waals surface area contributed by atoms with Gasteiger partial charge < -0.3 is 10.3 Å². The summed E-state index contributed by atoms with van der Waals surface area (Å²) >= 11 is 1.45. The zero-order valence-electron chi connectivity index (χ0n) is 12.4. The highest BCUT2D eigenvalue weighted by molar-refractivity contribution is 7.17. The summed E-state index contributed by atoms with van der Waals surface area (Å²) in [7, 11) is 2.00. The molecule has 21 heavy (non-hydrogen) atoms. The molecule has 2 aromatic heterocycles. The number of hydrogen-bond acceptors (Lipinski definition) is 5. The molecule has 3 rings (SSSR count). The Balaban J connectivity index is 1.77. The lowest BCUT2D eigenvalue weighted by Crippen LogP contribution is -2.41. The van der Waals surface area contributed by atoms with E-state index in [0.717, 1.165) is 42.1 Å². The van der Waals surface area contributed by atoms with Gasteiger partial charge in [-0.3, -0.25) is 9.69 Å². The first-order chi connectivity index (χ1) is 10.3. The fourth-order valence-corrected chi connectivity index (χ4v) is 3.82. The molecule has 1 atom stereocenters. The van der Waals surface area contributed by atoms with Crippen molar-refractivity contribution < 1.29 is 0 Å². The SMILES string of the molecule is CNCCC1CCCCN1Cc1nc2ccsc2c(=O)[nH]1. The van der Waals surface area contributed by atoms with Crippen LogP contribution in [0.5, 0.6) is 0 Å². The number of H-pyrrole nitrogens is 1. The maximum atomic E-state index is 12.0. The number of rotatable bonds is 5. The zero-order valence-corrected chi connectivity index (χ0v) is 13.2. The molecule has 1 fully saturated rings. The third-order valence-electron chi connectivity index (χ3n) is 4.19. The Hall–Kier alpha value is -1.24. The average molecular weight is 306 g/mol. The van der Waals surface area contributed by atoms with Crippen LogP contribution in [0.2, 0.25) is 0 Å². The van der Waals surface area contributed by atoms with E-state index in [2.05, 4.69) is 20.2 Å². The van der Waals surface area contributed by atoms with E-state index in [1.807, 2.05) is 18.5 Å². The van der Waals surface area contributed by atoms with Gasteiger partial charge in [-0.15, -0.1) is 11.3 Å². The van der Waals surface area contributed by atoms with E-state index in [0.29, 0.717) is 6.04 Å². The maximum Gasteiger partial charge on any atom is 0.268 e. The van der Waals surface area contributed by atoms with Crippen LogP contribution in [0, 0.1) is 0 Å². The lowest BCUT2D eigenvalue weighted by atomic mass is 9.99. The van der Waals surface area contributed by atoms with E-state index >= 15 is 0 Å². The minimum Gasteiger partial charge on any atom is -0.320 e. The Morgan fingerprint density at radius 3 is 3.29 bits per heavy atom. The highest BCUT2D eigenvalue weighted by Crippen LogP contribution is 2.21. The second kappa shape index (κ2) is 6.68. The lowest BCUT2D eigenvalue weighted by Gasteiger charge is -2.35. The monoisotopic (exact) mass is 306 g/mol. The van der Waals surface area contributed by atoms with Gasteiger partial charge >= 0.3 is 0 Å². The van der Waals surface area contributed by atoms with E-state index < -0.39 is 0 Å². The molecule has 0 saturated carbocycles. The van der Waals surface area contributed by atoms with Crippen LogP contribution in [0.25, 0.3) is 10.2 Å². The Kier molecular flexibility index (Phi) is 4.67. The second-order valence-corrected chi connectivity index (χ2v) is 6.58. The van der Waals surface area contributed by atoms with Gasteiger partial charge in [0.05, 0.1) is 12.1 Å². The van der Waals surface area contributed by atoms with Crippen molar-refractivity contribution >= 4 is 21.6 Å². The third kappa shape index (κ3) is 3.33. The predicted octanol–water partition coefficient (Wildman–Crippen LogP) is 1.95. The van der Waals surface area contributed by atoms with Gasteiger partial charge in [-0.05, 0) is 50.8 Å². The summed E-state index contributed by atoms with van der Waals surface area (Å²) in [5, 5.41) is 5.15. The highest BCUT2D eigenvalue weighted by Gasteiger charge is 2.22. The van der Waals surface area contributed by atoms with E-state index in [-0.39, 0.29) is 5.56 Å². The van der Waals surface area contributed by atoms with Crippen molar-refractivity contribution in [1.29, 1.82) is 0 Å². The minimum atomic E-state index is -0.00576. The summed E-state index contributed by atoms with van der Waals surface area (Å²) in [6.45, 7) is 2.88. The number of nitrogens with one attached hydrogen (secondary N) is 2. The van der Waals surface area contributed by atoms with Crippen LogP contribution in [0.3, 0.4) is 0 Å². The van der Waals surface area contributed by atoms with Gasteiger partial charge in [0.2, 0.25) is 0 Å². The Morgan fingerprint density at radius 1 is 1.52 bits per heavy atom. The molecule has 1 unspecified atom stereocenters. The lowest BCUT2D eigenvalue weighted by molar-refractivity contribution is 0.129. The van der Waals surface area contributed by atoms with Gasteiger partial charge in [0.1, 0.15) is 10.5 Å². The molecule has 5 nitrogen and oxygen atoms in total. The number of hydrogen-bond donors (Lipinski definition) is 2. The topological polar surface area (TPSA) is 61.0 Å². The fraction of sp³-hybridized carbons (Fsp3) is 0.600. The number of aromatic amines is 1. The molecule has 0 amide bonds. The van der Waals surface area contributed by atoms with E-state index in [9.17, 15) is 4.79 Å². The molecule has 0 radical (unpaired) electrons. The first kappa shape index (κ1) is 14.7. The molecule has 1 aliphatic heterocycles. The predicted molar refractivity (Wildman–Crippen MR) is 86.8 cm³/mol. The molecule has 2 N–H and O–H groups in total. The van der Waals surface area contributed by atoms with Crippen LogP contribution < -0.4 is 10.9 Å². The molecule has 114 valence electrons. The van der Waals surface area contributed by atoms with Gasteiger partial charge in [-0.25, -0.2) is 4.98 Å². The second-order valence-electron chi connectivity index (χ2n) is 5.66. The van der Waals surface area contributed by atoms with Crippen LogP contribution in [0.15, 0.2) is 16.2 Å². The number of fused-ring (bicyclic) bond motifs is 1. The molecule has 2 aromatic rings. The quantitative estimate of drug-likeness (QED) is 0.886. The molecule has 6 heteroatoms. The van der Waals surface area contributed by atoms with E-state index in [4.69, 9.17) is 0 Å². The van der Waals surface area contributed by atoms with Crippen molar-refractivity contribution in [2.75, 3.05) is 20.1 Å². The first-order valence-corrected chi connectivity index (χ1v) is 8.51. The molecular formula is C15H22N4OS. The van der Waals surface area contributed by atoms with Gasteiger partial charge in [-0.2, -0.15) is 0 Å². The normalized spacial score (nSPS) is 20.1. The Bertz CT molecular complexity index is 650. The molecule has 0 aromatic carbocycles. The Labute approximate surface area is 128 Å². The molecule has 1 saturated heterocycles. The smallest absolute Gasteiger partial charge is 0.268 e. The molecule has 1 aliphatic rings. The maximum absolute atomic E-state index is 12.0.